The molecule has 0 aromatic carbocycles. The third-order valence-electron chi connectivity index (χ3n) is 3.37. The van der Waals surface area contributed by atoms with Crippen LogP contribution in [0.5, 0.6) is 0 Å². The predicted octanol–water partition coefficient (Wildman–Crippen LogP) is 3.32. The second-order valence-corrected chi connectivity index (χ2v) is 5.53. The highest BCUT2D eigenvalue weighted by Crippen LogP contribution is 2.25. The fourth-order valence-electron chi connectivity index (χ4n) is 2.46. The molecule has 4 heteroatoms. The lowest BCUT2D eigenvalue weighted by atomic mass is 9.94. The van der Waals surface area contributed by atoms with Gasteiger partial charge in [-0.15, -0.1) is 0 Å². The Kier molecular flexibility index (Phi) is 4.77. The van der Waals surface area contributed by atoms with E-state index in [1.54, 1.807) is 0 Å². The first-order valence-corrected chi connectivity index (χ1v) is 7.54. The number of hydrogen-bond donors (Lipinski definition) is 0. The number of aromatic nitrogens is 2. The highest BCUT2D eigenvalue weighted by Gasteiger charge is 2.22. The first-order valence-electron chi connectivity index (χ1n) is 6.42. The first-order chi connectivity index (χ1) is 8.31. The Hall–Kier alpha value is -0.640. The van der Waals surface area contributed by atoms with Crippen molar-refractivity contribution in [2.24, 2.45) is 0 Å². The van der Waals surface area contributed by atoms with E-state index in [-0.39, 0.29) is 0 Å². The summed E-state index contributed by atoms with van der Waals surface area (Å²) in [5, 5.41) is 0.973. The molecule has 1 aliphatic carbocycles. The molecule has 0 atom stereocenters. The summed E-state index contributed by atoms with van der Waals surface area (Å²) in [7, 11) is 0. The Balaban J connectivity index is 2.12. The summed E-state index contributed by atoms with van der Waals surface area (Å²) in [5.74, 6) is 0.891. The minimum Gasteiger partial charge on any atom is -0.337 e. The van der Waals surface area contributed by atoms with E-state index in [9.17, 15) is 0 Å². The fourth-order valence-corrected chi connectivity index (χ4v) is 2.85. The molecule has 0 saturated heterocycles. The highest BCUT2D eigenvalue weighted by atomic mass is 79.9. The maximum absolute atomic E-state index is 4.47. The van der Waals surface area contributed by atoms with Crippen LogP contribution < -0.4 is 4.90 Å². The van der Waals surface area contributed by atoms with Gasteiger partial charge >= 0.3 is 0 Å². The van der Waals surface area contributed by atoms with Crippen LogP contribution in [0.2, 0.25) is 0 Å². The van der Waals surface area contributed by atoms with Crippen molar-refractivity contribution in [3.63, 3.8) is 0 Å². The third kappa shape index (κ3) is 3.41. The molecule has 0 radical (unpaired) electrons. The second-order valence-electron chi connectivity index (χ2n) is 4.73. The average Bonchev–Trinajstić information content (AvgIpc) is 2.38. The summed E-state index contributed by atoms with van der Waals surface area (Å²) in [5.41, 5.74) is 1.12. The van der Waals surface area contributed by atoms with E-state index in [4.69, 9.17) is 0 Å². The van der Waals surface area contributed by atoms with Crippen LogP contribution >= 0.6 is 15.9 Å². The zero-order valence-electron chi connectivity index (χ0n) is 10.4. The average molecular weight is 298 g/mol. The van der Waals surface area contributed by atoms with Crippen molar-refractivity contribution >= 4 is 21.9 Å². The van der Waals surface area contributed by atoms with E-state index in [0.717, 1.165) is 23.4 Å². The van der Waals surface area contributed by atoms with Crippen molar-refractivity contribution in [1.29, 1.82) is 0 Å². The van der Waals surface area contributed by atoms with Gasteiger partial charge in [0.2, 0.25) is 5.95 Å². The summed E-state index contributed by atoms with van der Waals surface area (Å²) < 4.78 is 0. The molecule has 0 unspecified atom stereocenters. The van der Waals surface area contributed by atoms with E-state index in [1.165, 1.54) is 32.1 Å². The van der Waals surface area contributed by atoms with Crippen molar-refractivity contribution < 1.29 is 0 Å². The molecule has 1 saturated carbocycles. The summed E-state index contributed by atoms with van der Waals surface area (Å²) in [4.78, 5) is 11.3. The highest BCUT2D eigenvalue weighted by molar-refractivity contribution is 9.09. The van der Waals surface area contributed by atoms with Gasteiger partial charge in [0.1, 0.15) is 0 Å². The number of anilines is 1. The third-order valence-corrected chi connectivity index (χ3v) is 3.72. The standard InChI is InChI=1S/C13H20BrN3/c1-11-9-15-13(16-10-11)17(8-7-14)12-5-3-2-4-6-12/h9-10,12H,2-8H2,1H3. The van der Waals surface area contributed by atoms with E-state index in [1.807, 2.05) is 19.3 Å². The Morgan fingerprint density at radius 3 is 2.47 bits per heavy atom. The van der Waals surface area contributed by atoms with Crippen LogP contribution in [0.3, 0.4) is 0 Å². The number of alkyl halides is 1. The van der Waals surface area contributed by atoms with Gasteiger partial charge in [-0.25, -0.2) is 9.97 Å². The lowest BCUT2D eigenvalue weighted by Gasteiger charge is -2.34. The molecule has 1 aromatic rings. The van der Waals surface area contributed by atoms with Gasteiger partial charge in [0, 0.05) is 30.3 Å². The van der Waals surface area contributed by atoms with Crippen LogP contribution in [0.15, 0.2) is 12.4 Å². The van der Waals surface area contributed by atoms with Crippen LogP contribution in [0.25, 0.3) is 0 Å². The van der Waals surface area contributed by atoms with Gasteiger partial charge < -0.3 is 4.90 Å². The smallest absolute Gasteiger partial charge is 0.225 e. The SMILES string of the molecule is Cc1cnc(N(CCBr)C2CCCCC2)nc1. The van der Waals surface area contributed by atoms with E-state index >= 15 is 0 Å². The molecular weight excluding hydrogens is 278 g/mol. The number of aryl methyl sites for hydroxylation is 1. The molecule has 17 heavy (non-hydrogen) atoms. The molecule has 94 valence electrons. The van der Waals surface area contributed by atoms with Crippen molar-refractivity contribution in [2.75, 3.05) is 16.8 Å². The van der Waals surface area contributed by atoms with Gasteiger partial charge in [0.15, 0.2) is 0 Å². The van der Waals surface area contributed by atoms with Gasteiger partial charge in [-0.05, 0) is 25.3 Å². The molecule has 3 nitrogen and oxygen atoms in total. The molecule has 1 aromatic heterocycles. The van der Waals surface area contributed by atoms with Crippen molar-refractivity contribution in [3.05, 3.63) is 18.0 Å². The van der Waals surface area contributed by atoms with Crippen LogP contribution in [0.4, 0.5) is 5.95 Å². The van der Waals surface area contributed by atoms with Crippen molar-refractivity contribution in [2.45, 2.75) is 45.1 Å². The largest absolute Gasteiger partial charge is 0.337 e. The van der Waals surface area contributed by atoms with Gasteiger partial charge in [-0.3, -0.25) is 0 Å². The molecule has 0 N–H and O–H groups in total. The summed E-state index contributed by atoms with van der Waals surface area (Å²) in [6.07, 6.45) is 10.4. The molecule has 1 fully saturated rings. The molecule has 1 aliphatic rings. The van der Waals surface area contributed by atoms with Crippen LogP contribution in [0, 0.1) is 6.92 Å². The normalized spacial score (nSPS) is 17.1. The molecule has 0 spiro atoms. The second kappa shape index (κ2) is 6.34. The monoisotopic (exact) mass is 297 g/mol. The van der Waals surface area contributed by atoms with Gasteiger partial charge in [-0.2, -0.15) is 0 Å². The van der Waals surface area contributed by atoms with Crippen LogP contribution in [-0.2, 0) is 0 Å². The minimum atomic E-state index is 0.629. The molecular formula is C13H20BrN3. The van der Waals surface area contributed by atoms with Crippen molar-refractivity contribution in [3.8, 4) is 0 Å². The zero-order valence-corrected chi connectivity index (χ0v) is 12.0. The van der Waals surface area contributed by atoms with Gasteiger partial charge in [0.25, 0.3) is 0 Å². The zero-order chi connectivity index (χ0) is 12.1. The summed E-state index contributed by atoms with van der Waals surface area (Å²) >= 11 is 3.53. The summed E-state index contributed by atoms with van der Waals surface area (Å²) in [6.45, 7) is 3.02. The van der Waals surface area contributed by atoms with Crippen LogP contribution in [0.1, 0.15) is 37.7 Å². The summed E-state index contributed by atoms with van der Waals surface area (Å²) in [6, 6.07) is 0.629. The Bertz CT molecular complexity index is 333. The fraction of sp³-hybridized carbons (Fsp3) is 0.692. The maximum Gasteiger partial charge on any atom is 0.225 e. The van der Waals surface area contributed by atoms with E-state index in [2.05, 4.69) is 30.8 Å². The predicted molar refractivity (Wildman–Crippen MR) is 74.8 cm³/mol. The Morgan fingerprint density at radius 2 is 1.88 bits per heavy atom. The number of halogens is 1. The maximum atomic E-state index is 4.47. The number of hydrogen-bond acceptors (Lipinski definition) is 3. The lowest BCUT2D eigenvalue weighted by molar-refractivity contribution is 0.415. The minimum absolute atomic E-state index is 0.629. The van der Waals surface area contributed by atoms with Crippen molar-refractivity contribution in [1.82, 2.24) is 9.97 Å². The topological polar surface area (TPSA) is 29.0 Å². The molecule has 0 bridgehead atoms. The number of rotatable bonds is 4. The quantitative estimate of drug-likeness (QED) is 0.799. The lowest BCUT2D eigenvalue weighted by Crippen LogP contribution is -2.39. The van der Waals surface area contributed by atoms with Gasteiger partial charge in [0.05, 0.1) is 0 Å². The Morgan fingerprint density at radius 1 is 1.24 bits per heavy atom. The Labute approximate surface area is 112 Å². The van der Waals surface area contributed by atoms with Gasteiger partial charge in [-0.1, -0.05) is 35.2 Å². The van der Waals surface area contributed by atoms with E-state index in [0.29, 0.717) is 6.04 Å². The van der Waals surface area contributed by atoms with Crippen LogP contribution in [-0.4, -0.2) is 27.9 Å². The molecule has 0 amide bonds. The molecule has 0 aliphatic heterocycles. The first kappa shape index (κ1) is 12.8. The molecule has 1 heterocycles. The number of nitrogens with zero attached hydrogens (tertiary/aromatic N) is 3. The molecule has 2 rings (SSSR count). The van der Waals surface area contributed by atoms with E-state index < -0.39 is 0 Å².